The molecule has 2 rings (SSSR count). The van der Waals surface area contributed by atoms with Crippen LogP contribution in [0.3, 0.4) is 0 Å². The van der Waals surface area contributed by atoms with Crippen molar-refractivity contribution in [2.75, 3.05) is 0 Å². The third-order valence-electron chi connectivity index (χ3n) is 4.08. The van der Waals surface area contributed by atoms with Gasteiger partial charge in [0.2, 0.25) is 0 Å². The standard InChI is InChI=1S/C14H20/c1-11-6-4-7-13(10-11)12(2)14(3)8-5-9-14/h4,6-7,10,12H,5,8-9H2,1-3H3. The van der Waals surface area contributed by atoms with Crippen LogP contribution in [0.1, 0.15) is 50.2 Å². The van der Waals surface area contributed by atoms with E-state index in [-0.39, 0.29) is 0 Å². The van der Waals surface area contributed by atoms with Crippen LogP contribution in [-0.4, -0.2) is 0 Å². The quantitative estimate of drug-likeness (QED) is 0.649. The lowest BCUT2D eigenvalue weighted by Crippen LogP contribution is -2.31. The Bertz CT molecular complexity index is 321. The normalized spacial score (nSPS) is 21.4. The van der Waals surface area contributed by atoms with Crippen LogP contribution >= 0.6 is 0 Å². The van der Waals surface area contributed by atoms with Crippen molar-refractivity contribution < 1.29 is 0 Å². The Morgan fingerprint density at radius 1 is 1.29 bits per heavy atom. The fourth-order valence-electron chi connectivity index (χ4n) is 2.51. The molecular weight excluding hydrogens is 168 g/mol. The van der Waals surface area contributed by atoms with E-state index in [0.717, 1.165) is 5.92 Å². The smallest absolute Gasteiger partial charge is 0.0136 e. The van der Waals surface area contributed by atoms with Crippen LogP contribution in [-0.2, 0) is 0 Å². The molecule has 0 radical (unpaired) electrons. The van der Waals surface area contributed by atoms with Crippen molar-refractivity contribution in [1.29, 1.82) is 0 Å². The fraction of sp³-hybridized carbons (Fsp3) is 0.571. The van der Waals surface area contributed by atoms with Gasteiger partial charge in [0.15, 0.2) is 0 Å². The van der Waals surface area contributed by atoms with Gasteiger partial charge in [0.25, 0.3) is 0 Å². The highest BCUT2D eigenvalue weighted by Crippen LogP contribution is 2.50. The average molecular weight is 188 g/mol. The molecule has 0 nitrogen and oxygen atoms in total. The van der Waals surface area contributed by atoms with Gasteiger partial charge in [-0.2, -0.15) is 0 Å². The lowest BCUT2D eigenvalue weighted by Gasteiger charge is -2.44. The molecule has 0 spiro atoms. The predicted octanol–water partition coefficient (Wildman–Crippen LogP) is 4.29. The minimum absolute atomic E-state index is 0.577. The fourth-order valence-corrected chi connectivity index (χ4v) is 2.51. The summed E-state index contributed by atoms with van der Waals surface area (Å²) in [6.07, 6.45) is 4.23. The Morgan fingerprint density at radius 3 is 2.50 bits per heavy atom. The molecule has 1 aliphatic carbocycles. The predicted molar refractivity (Wildman–Crippen MR) is 61.6 cm³/mol. The molecular formula is C14H20. The summed E-state index contributed by atoms with van der Waals surface area (Å²) in [7, 11) is 0. The van der Waals surface area contributed by atoms with Crippen molar-refractivity contribution in [1.82, 2.24) is 0 Å². The van der Waals surface area contributed by atoms with Crippen molar-refractivity contribution in [3.8, 4) is 0 Å². The van der Waals surface area contributed by atoms with Crippen LogP contribution in [0.25, 0.3) is 0 Å². The minimum Gasteiger partial charge on any atom is -0.0617 e. The highest BCUT2D eigenvalue weighted by atomic mass is 14.4. The number of hydrogen-bond acceptors (Lipinski definition) is 0. The molecule has 14 heavy (non-hydrogen) atoms. The zero-order valence-corrected chi connectivity index (χ0v) is 9.51. The lowest BCUT2D eigenvalue weighted by atomic mass is 9.61. The van der Waals surface area contributed by atoms with Crippen molar-refractivity contribution in [2.24, 2.45) is 5.41 Å². The largest absolute Gasteiger partial charge is 0.0617 e. The SMILES string of the molecule is Cc1cccc(C(C)C2(C)CCC2)c1. The van der Waals surface area contributed by atoms with E-state index in [1.807, 2.05) is 0 Å². The summed E-state index contributed by atoms with van der Waals surface area (Å²) in [6, 6.07) is 8.98. The Morgan fingerprint density at radius 2 is 2.00 bits per heavy atom. The third-order valence-corrected chi connectivity index (χ3v) is 4.08. The molecule has 1 atom stereocenters. The maximum Gasteiger partial charge on any atom is -0.0136 e. The van der Waals surface area contributed by atoms with E-state index in [4.69, 9.17) is 0 Å². The molecule has 0 saturated heterocycles. The van der Waals surface area contributed by atoms with E-state index in [0.29, 0.717) is 5.41 Å². The van der Waals surface area contributed by atoms with Gasteiger partial charge in [-0.1, -0.05) is 50.1 Å². The molecule has 1 fully saturated rings. The van der Waals surface area contributed by atoms with E-state index in [9.17, 15) is 0 Å². The zero-order valence-electron chi connectivity index (χ0n) is 9.51. The Balaban J connectivity index is 2.22. The van der Waals surface area contributed by atoms with Gasteiger partial charge in [0.1, 0.15) is 0 Å². The summed E-state index contributed by atoms with van der Waals surface area (Å²) in [5.74, 6) is 0.719. The van der Waals surface area contributed by atoms with Crippen LogP contribution in [0.15, 0.2) is 24.3 Å². The molecule has 1 aliphatic rings. The second kappa shape index (κ2) is 3.42. The monoisotopic (exact) mass is 188 g/mol. The molecule has 0 aliphatic heterocycles. The number of hydrogen-bond donors (Lipinski definition) is 0. The second-order valence-electron chi connectivity index (χ2n) is 5.14. The first-order valence-electron chi connectivity index (χ1n) is 5.68. The maximum absolute atomic E-state index is 2.43. The van der Waals surface area contributed by atoms with Crippen molar-refractivity contribution in [3.63, 3.8) is 0 Å². The summed E-state index contributed by atoms with van der Waals surface area (Å²) < 4.78 is 0. The Kier molecular flexibility index (Phi) is 2.38. The maximum atomic E-state index is 2.43. The van der Waals surface area contributed by atoms with Gasteiger partial charge in [-0.25, -0.2) is 0 Å². The molecule has 1 aromatic carbocycles. The van der Waals surface area contributed by atoms with Gasteiger partial charge in [-0.3, -0.25) is 0 Å². The molecule has 76 valence electrons. The molecule has 1 saturated carbocycles. The summed E-state index contributed by atoms with van der Waals surface area (Å²) in [5.41, 5.74) is 3.48. The topological polar surface area (TPSA) is 0 Å². The van der Waals surface area contributed by atoms with Crippen LogP contribution in [0.4, 0.5) is 0 Å². The first-order chi connectivity index (χ1) is 6.62. The highest BCUT2D eigenvalue weighted by molar-refractivity contribution is 5.27. The van der Waals surface area contributed by atoms with Gasteiger partial charge in [-0.05, 0) is 36.7 Å². The highest BCUT2D eigenvalue weighted by Gasteiger charge is 2.37. The molecule has 0 bridgehead atoms. The Hall–Kier alpha value is -0.780. The third kappa shape index (κ3) is 1.58. The van der Waals surface area contributed by atoms with E-state index in [1.165, 1.54) is 30.4 Å². The summed E-state index contributed by atoms with van der Waals surface area (Å²) in [4.78, 5) is 0. The molecule has 0 amide bonds. The molecule has 0 aromatic heterocycles. The second-order valence-corrected chi connectivity index (χ2v) is 5.14. The molecule has 0 N–H and O–H groups in total. The van der Waals surface area contributed by atoms with Crippen LogP contribution in [0, 0.1) is 12.3 Å². The van der Waals surface area contributed by atoms with Crippen LogP contribution in [0.5, 0.6) is 0 Å². The van der Waals surface area contributed by atoms with Gasteiger partial charge >= 0.3 is 0 Å². The van der Waals surface area contributed by atoms with E-state index >= 15 is 0 Å². The first-order valence-corrected chi connectivity index (χ1v) is 5.68. The zero-order chi connectivity index (χ0) is 10.2. The number of aryl methyl sites for hydroxylation is 1. The van der Waals surface area contributed by atoms with Crippen LogP contribution < -0.4 is 0 Å². The minimum atomic E-state index is 0.577. The molecule has 0 heterocycles. The number of benzene rings is 1. The summed E-state index contributed by atoms with van der Waals surface area (Å²) in [6.45, 7) is 7.00. The first kappa shape index (κ1) is 9.76. The van der Waals surface area contributed by atoms with Crippen molar-refractivity contribution in [3.05, 3.63) is 35.4 Å². The van der Waals surface area contributed by atoms with Gasteiger partial charge < -0.3 is 0 Å². The van der Waals surface area contributed by atoms with Gasteiger partial charge in [0.05, 0.1) is 0 Å². The van der Waals surface area contributed by atoms with E-state index in [1.54, 1.807) is 0 Å². The lowest BCUT2D eigenvalue weighted by molar-refractivity contribution is 0.125. The van der Waals surface area contributed by atoms with E-state index < -0.39 is 0 Å². The van der Waals surface area contributed by atoms with Gasteiger partial charge in [-0.15, -0.1) is 0 Å². The van der Waals surface area contributed by atoms with Crippen molar-refractivity contribution in [2.45, 2.75) is 46.0 Å². The number of rotatable bonds is 2. The Labute approximate surface area is 87.3 Å². The van der Waals surface area contributed by atoms with Crippen molar-refractivity contribution >= 4 is 0 Å². The molecule has 1 aromatic rings. The van der Waals surface area contributed by atoms with E-state index in [2.05, 4.69) is 45.0 Å². The summed E-state index contributed by atoms with van der Waals surface area (Å²) >= 11 is 0. The average Bonchev–Trinajstić information content (AvgIpc) is 2.13. The molecule has 0 heteroatoms. The van der Waals surface area contributed by atoms with Crippen LogP contribution in [0.2, 0.25) is 0 Å². The molecule has 1 unspecified atom stereocenters. The van der Waals surface area contributed by atoms with Gasteiger partial charge in [0, 0.05) is 0 Å². The summed E-state index contributed by atoms with van der Waals surface area (Å²) in [5, 5.41) is 0.